The lowest BCUT2D eigenvalue weighted by Crippen LogP contribution is -2.35. The molecule has 0 saturated heterocycles. The van der Waals surface area contributed by atoms with E-state index in [0.717, 1.165) is 4.90 Å². The van der Waals surface area contributed by atoms with E-state index in [1.165, 1.54) is 0 Å². The number of nitrogens with zero attached hydrogens (tertiary/aromatic N) is 1. The van der Waals surface area contributed by atoms with Crippen molar-refractivity contribution in [2.24, 2.45) is 0 Å². The van der Waals surface area contributed by atoms with E-state index in [2.05, 4.69) is 0 Å². The van der Waals surface area contributed by atoms with Crippen molar-refractivity contribution in [1.29, 1.82) is 0 Å². The van der Waals surface area contributed by atoms with Gasteiger partial charge in [0.1, 0.15) is 5.50 Å². The Morgan fingerprint density at radius 2 is 1.69 bits per heavy atom. The van der Waals surface area contributed by atoms with Crippen molar-refractivity contribution < 1.29 is 9.59 Å². The van der Waals surface area contributed by atoms with Gasteiger partial charge in [-0.15, -0.1) is 0 Å². The lowest BCUT2D eigenvalue weighted by Gasteiger charge is -2.16. The van der Waals surface area contributed by atoms with E-state index in [1.807, 2.05) is 0 Å². The SMILES string of the molecule is CC=CC(Cl)N1C(=O)c2ccccc2C1=O. The quantitative estimate of drug-likeness (QED) is 0.342. The van der Waals surface area contributed by atoms with Crippen LogP contribution >= 0.6 is 11.6 Å². The molecule has 1 atom stereocenters. The zero-order valence-corrected chi connectivity index (χ0v) is 9.44. The summed E-state index contributed by atoms with van der Waals surface area (Å²) in [7, 11) is 0. The summed E-state index contributed by atoms with van der Waals surface area (Å²) >= 11 is 5.96. The number of alkyl halides is 1. The minimum atomic E-state index is -0.725. The van der Waals surface area contributed by atoms with Crippen molar-refractivity contribution in [2.75, 3.05) is 0 Å². The van der Waals surface area contributed by atoms with Crippen molar-refractivity contribution in [3.63, 3.8) is 0 Å². The number of allylic oxidation sites excluding steroid dienone is 1. The molecular weight excluding hydrogens is 226 g/mol. The molecule has 1 unspecified atom stereocenters. The Kier molecular flexibility index (Phi) is 2.79. The van der Waals surface area contributed by atoms with E-state index < -0.39 is 5.50 Å². The molecule has 1 aromatic rings. The number of halogens is 1. The molecule has 0 radical (unpaired) electrons. The number of carbonyl (C=O) groups is 2. The highest BCUT2D eigenvalue weighted by Crippen LogP contribution is 2.25. The minimum absolute atomic E-state index is 0.335. The second kappa shape index (κ2) is 4.10. The maximum Gasteiger partial charge on any atom is 0.263 e. The summed E-state index contributed by atoms with van der Waals surface area (Å²) in [6, 6.07) is 6.72. The second-order valence-electron chi connectivity index (χ2n) is 3.42. The van der Waals surface area contributed by atoms with Crippen molar-refractivity contribution in [3.05, 3.63) is 47.5 Å². The molecule has 0 aliphatic carbocycles. The molecule has 1 heterocycles. The van der Waals surface area contributed by atoms with Crippen molar-refractivity contribution in [2.45, 2.75) is 12.4 Å². The van der Waals surface area contributed by atoms with Gasteiger partial charge in [-0.1, -0.05) is 35.9 Å². The molecule has 0 aromatic heterocycles. The van der Waals surface area contributed by atoms with E-state index in [-0.39, 0.29) is 11.8 Å². The van der Waals surface area contributed by atoms with Gasteiger partial charge < -0.3 is 0 Å². The molecule has 0 fully saturated rings. The predicted molar refractivity (Wildman–Crippen MR) is 61.4 cm³/mol. The van der Waals surface area contributed by atoms with Gasteiger partial charge in [-0.3, -0.25) is 14.5 Å². The summed E-state index contributed by atoms with van der Waals surface area (Å²) in [6.45, 7) is 1.79. The van der Waals surface area contributed by atoms with Crippen LogP contribution in [0.3, 0.4) is 0 Å². The second-order valence-corrected chi connectivity index (χ2v) is 3.87. The van der Waals surface area contributed by atoms with Gasteiger partial charge in [-0.05, 0) is 19.1 Å². The molecule has 0 spiro atoms. The van der Waals surface area contributed by atoms with E-state index in [0.29, 0.717) is 11.1 Å². The van der Waals surface area contributed by atoms with Gasteiger partial charge in [-0.25, -0.2) is 0 Å². The van der Waals surface area contributed by atoms with Crippen LogP contribution < -0.4 is 0 Å². The third-order valence-corrected chi connectivity index (χ3v) is 2.76. The Hall–Kier alpha value is -1.61. The first kappa shape index (κ1) is 10.9. The molecular formula is C12H10ClNO2. The summed E-state index contributed by atoms with van der Waals surface area (Å²) in [4.78, 5) is 24.9. The molecule has 82 valence electrons. The van der Waals surface area contributed by atoms with Crippen LogP contribution in [0.5, 0.6) is 0 Å². The fraction of sp³-hybridized carbons (Fsp3) is 0.167. The average molecular weight is 236 g/mol. The van der Waals surface area contributed by atoms with Crippen LogP contribution in [0.1, 0.15) is 27.6 Å². The smallest absolute Gasteiger partial charge is 0.263 e. The molecule has 4 heteroatoms. The number of amides is 2. The van der Waals surface area contributed by atoms with Crippen LogP contribution in [0.4, 0.5) is 0 Å². The molecule has 1 aliphatic heterocycles. The van der Waals surface area contributed by atoms with Gasteiger partial charge in [-0.2, -0.15) is 0 Å². The summed E-state index contributed by atoms with van der Waals surface area (Å²) in [5, 5.41) is 0. The zero-order chi connectivity index (χ0) is 11.7. The van der Waals surface area contributed by atoms with E-state index in [1.54, 1.807) is 43.3 Å². The largest absolute Gasteiger partial charge is 0.269 e. The van der Waals surface area contributed by atoms with Crippen molar-refractivity contribution in [1.82, 2.24) is 4.90 Å². The van der Waals surface area contributed by atoms with Crippen LogP contribution in [-0.4, -0.2) is 22.2 Å². The maximum atomic E-state index is 11.9. The third-order valence-electron chi connectivity index (χ3n) is 2.42. The molecule has 16 heavy (non-hydrogen) atoms. The Labute approximate surface area is 98.3 Å². The Morgan fingerprint density at radius 3 is 2.12 bits per heavy atom. The lowest BCUT2D eigenvalue weighted by atomic mass is 10.1. The predicted octanol–water partition coefficient (Wildman–Crippen LogP) is 2.42. The summed E-state index contributed by atoms with van der Waals surface area (Å²) in [5.41, 5.74) is 0.114. The number of fused-ring (bicyclic) bond motifs is 1. The van der Waals surface area contributed by atoms with Gasteiger partial charge in [0.05, 0.1) is 11.1 Å². The first-order chi connectivity index (χ1) is 7.66. The Bertz CT molecular complexity index is 447. The standard InChI is InChI=1S/C12H10ClNO2/c1-2-5-10(13)14-11(15)8-6-3-4-7-9(8)12(14)16/h2-7,10H,1H3. The van der Waals surface area contributed by atoms with Crippen molar-refractivity contribution >= 4 is 23.4 Å². The van der Waals surface area contributed by atoms with Gasteiger partial charge >= 0.3 is 0 Å². The summed E-state index contributed by atoms with van der Waals surface area (Å²) < 4.78 is 0. The fourth-order valence-corrected chi connectivity index (χ4v) is 2.00. The van der Waals surface area contributed by atoms with Crippen LogP contribution in [0.15, 0.2) is 36.4 Å². The van der Waals surface area contributed by atoms with E-state index >= 15 is 0 Å². The normalized spacial score (nSPS) is 17.0. The maximum absolute atomic E-state index is 11.9. The number of carbonyl (C=O) groups excluding carboxylic acids is 2. The number of benzene rings is 1. The van der Waals surface area contributed by atoms with E-state index in [9.17, 15) is 9.59 Å². The number of imide groups is 1. The fourth-order valence-electron chi connectivity index (χ4n) is 1.68. The third kappa shape index (κ3) is 1.53. The van der Waals surface area contributed by atoms with Crippen LogP contribution in [-0.2, 0) is 0 Å². The summed E-state index contributed by atoms with van der Waals surface area (Å²) in [6.07, 6.45) is 3.31. The molecule has 1 aromatic carbocycles. The Morgan fingerprint density at radius 1 is 1.19 bits per heavy atom. The van der Waals surface area contributed by atoms with Gasteiger partial charge in [0.2, 0.25) is 0 Å². The molecule has 0 N–H and O–H groups in total. The number of rotatable bonds is 2. The molecule has 0 bridgehead atoms. The Balaban J connectivity index is 2.42. The highest BCUT2D eigenvalue weighted by molar-refractivity contribution is 6.29. The van der Waals surface area contributed by atoms with Crippen LogP contribution in [0.2, 0.25) is 0 Å². The van der Waals surface area contributed by atoms with Crippen molar-refractivity contribution in [3.8, 4) is 0 Å². The topological polar surface area (TPSA) is 37.4 Å². The van der Waals surface area contributed by atoms with Gasteiger partial charge in [0.25, 0.3) is 11.8 Å². The van der Waals surface area contributed by atoms with Crippen LogP contribution in [0, 0.1) is 0 Å². The first-order valence-corrected chi connectivity index (χ1v) is 5.34. The molecule has 1 aliphatic rings. The average Bonchev–Trinajstić information content (AvgIpc) is 2.53. The molecule has 2 rings (SSSR count). The number of hydrogen-bond donors (Lipinski definition) is 0. The number of hydrogen-bond acceptors (Lipinski definition) is 2. The molecule has 2 amide bonds. The molecule has 0 saturated carbocycles. The zero-order valence-electron chi connectivity index (χ0n) is 8.68. The van der Waals surface area contributed by atoms with E-state index in [4.69, 9.17) is 11.6 Å². The highest BCUT2D eigenvalue weighted by atomic mass is 35.5. The minimum Gasteiger partial charge on any atom is -0.269 e. The first-order valence-electron chi connectivity index (χ1n) is 4.90. The van der Waals surface area contributed by atoms with Gasteiger partial charge in [0.15, 0.2) is 0 Å². The molecule has 3 nitrogen and oxygen atoms in total. The highest BCUT2D eigenvalue weighted by Gasteiger charge is 2.38. The lowest BCUT2D eigenvalue weighted by molar-refractivity contribution is 0.0654. The van der Waals surface area contributed by atoms with Crippen LogP contribution in [0.25, 0.3) is 0 Å². The summed E-state index contributed by atoms with van der Waals surface area (Å²) in [5.74, 6) is -0.669. The van der Waals surface area contributed by atoms with Gasteiger partial charge in [0, 0.05) is 0 Å². The monoisotopic (exact) mass is 235 g/mol.